The van der Waals surface area contributed by atoms with Crippen molar-refractivity contribution in [1.29, 1.82) is 0 Å². The van der Waals surface area contributed by atoms with Crippen molar-refractivity contribution in [3.05, 3.63) is 89.9 Å². The Hall–Kier alpha value is -3.44. The van der Waals surface area contributed by atoms with Gasteiger partial charge < -0.3 is 10.1 Å². The second kappa shape index (κ2) is 8.06. The van der Waals surface area contributed by atoms with Crippen molar-refractivity contribution in [2.75, 3.05) is 5.32 Å². The van der Waals surface area contributed by atoms with E-state index in [0.717, 1.165) is 38.3 Å². The summed E-state index contributed by atoms with van der Waals surface area (Å²) in [6.07, 6.45) is 1.80. The number of hydrogen-bond acceptors (Lipinski definition) is 5. The molecule has 2 aromatic heterocycles. The van der Waals surface area contributed by atoms with Gasteiger partial charge in [-0.2, -0.15) is 0 Å². The van der Waals surface area contributed by atoms with Gasteiger partial charge in [-0.15, -0.1) is 11.3 Å². The third-order valence-electron chi connectivity index (χ3n) is 4.12. The molecule has 1 N–H and O–H groups in total. The van der Waals surface area contributed by atoms with Crippen LogP contribution in [-0.4, -0.2) is 10.8 Å². The van der Waals surface area contributed by atoms with Gasteiger partial charge in [-0.25, -0.2) is 4.98 Å². The highest BCUT2D eigenvalue weighted by Crippen LogP contribution is 2.32. The van der Waals surface area contributed by atoms with Gasteiger partial charge >= 0.3 is 0 Å². The van der Waals surface area contributed by atoms with Crippen molar-refractivity contribution in [3.8, 4) is 21.9 Å². The first-order chi connectivity index (χ1) is 13.7. The number of ketones is 1. The van der Waals surface area contributed by atoms with Crippen LogP contribution >= 0.6 is 11.3 Å². The van der Waals surface area contributed by atoms with Crippen LogP contribution in [0.2, 0.25) is 0 Å². The van der Waals surface area contributed by atoms with Gasteiger partial charge in [-0.05, 0) is 55.5 Å². The molecule has 0 saturated carbocycles. The molecule has 4 nitrogen and oxygen atoms in total. The topological polar surface area (TPSA) is 51.2 Å². The number of Topliss-reactive ketones (excluding diaryl/α,β-unsaturated/α-hetero) is 1. The van der Waals surface area contributed by atoms with Crippen molar-refractivity contribution in [3.63, 3.8) is 0 Å². The van der Waals surface area contributed by atoms with Crippen molar-refractivity contribution < 1.29 is 9.53 Å². The number of ether oxygens (including phenoxy) is 1. The third-order valence-corrected chi connectivity index (χ3v) is 5.36. The summed E-state index contributed by atoms with van der Waals surface area (Å²) in [5.74, 6) is 2.30. The molecule has 0 unspecified atom stereocenters. The molecule has 4 rings (SSSR count). The van der Waals surface area contributed by atoms with Gasteiger partial charge in [0.05, 0.1) is 10.6 Å². The maximum absolute atomic E-state index is 11.5. The Bertz CT molecular complexity index is 1090. The minimum Gasteiger partial charge on any atom is -0.455 e. The van der Waals surface area contributed by atoms with Gasteiger partial charge in [0.25, 0.3) is 0 Å². The highest BCUT2D eigenvalue weighted by molar-refractivity contribution is 7.17. The van der Waals surface area contributed by atoms with Gasteiger partial charge in [0.15, 0.2) is 11.5 Å². The summed E-state index contributed by atoms with van der Waals surface area (Å²) in [5.41, 5.74) is 1.82. The van der Waals surface area contributed by atoms with Crippen molar-refractivity contribution in [2.24, 2.45) is 0 Å². The molecule has 0 atom stereocenters. The van der Waals surface area contributed by atoms with Crippen molar-refractivity contribution >= 4 is 28.6 Å². The lowest BCUT2D eigenvalue weighted by Crippen LogP contribution is -1.96. The van der Waals surface area contributed by atoms with Gasteiger partial charge in [0.2, 0.25) is 0 Å². The van der Waals surface area contributed by atoms with Crippen molar-refractivity contribution in [2.45, 2.75) is 6.92 Å². The zero-order chi connectivity index (χ0) is 19.3. The maximum Gasteiger partial charge on any atom is 0.169 e. The first kappa shape index (κ1) is 17.9. The lowest BCUT2D eigenvalue weighted by Gasteiger charge is -2.12. The molecule has 0 saturated heterocycles. The highest BCUT2D eigenvalue weighted by Gasteiger charge is 2.08. The first-order valence-electron chi connectivity index (χ1n) is 8.85. The lowest BCUT2D eigenvalue weighted by atomic mass is 10.2. The number of aromatic nitrogens is 1. The molecule has 2 aromatic carbocycles. The number of carbonyl (C=O) groups excluding carboxylic acids is 1. The van der Waals surface area contributed by atoms with Crippen molar-refractivity contribution in [1.82, 2.24) is 4.98 Å². The molecular weight excluding hydrogens is 368 g/mol. The highest BCUT2D eigenvalue weighted by atomic mass is 32.1. The fourth-order valence-corrected chi connectivity index (χ4v) is 3.60. The molecule has 0 aliphatic heterocycles. The fraction of sp³-hybridized carbons (Fsp3) is 0.0435. The standard InChI is InChI=1S/C23H18N2O2S/c1-16(26)21-12-13-22(28-21)17-11-14-23(24-15-17)25-19-9-5-6-10-20(19)27-18-7-3-2-4-8-18/h2-15H,1H3,(H,24,25). The minimum atomic E-state index is 0.0810. The van der Waals surface area contributed by atoms with E-state index >= 15 is 0 Å². The number of para-hydroxylation sites is 3. The number of nitrogens with zero attached hydrogens (tertiary/aromatic N) is 1. The average Bonchev–Trinajstić information content (AvgIpc) is 3.22. The number of thiophene rings is 1. The van der Waals surface area contributed by atoms with E-state index in [2.05, 4.69) is 10.3 Å². The molecule has 0 aliphatic carbocycles. The zero-order valence-electron chi connectivity index (χ0n) is 15.3. The number of hydrogen-bond donors (Lipinski definition) is 1. The lowest BCUT2D eigenvalue weighted by molar-refractivity contribution is 0.102. The molecule has 5 heteroatoms. The number of rotatable bonds is 6. The van der Waals surface area contributed by atoms with Gasteiger partial charge in [-0.1, -0.05) is 30.3 Å². The van der Waals surface area contributed by atoms with E-state index < -0.39 is 0 Å². The van der Waals surface area contributed by atoms with Crippen LogP contribution in [0.15, 0.2) is 85.1 Å². The van der Waals surface area contributed by atoms with Crippen LogP contribution in [-0.2, 0) is 0 Å². The molecule has 0 bridgehead atoms. The van der Waals surface area contributed by atoms with Crippen LogP contribution < -0.4 is 10.1 Å². The third kappa shape index (κ3) is 4.10. The van der Waals surface area contributed by atoms with E-state index in [1.54, 1.807) is 13.1 Å². The number of nitrogens with one attached hydrogen (secondary N) is 1. The second-order valence-electron chi connectivity index (χ2n) is 6.19. The van der Waals surface area contributed by atoms with Gasteiger partial charge in [0.1, 0.15) is 11.6 Å². The number of carbonyl (C=O) groups is 1. The Balaban J connectivity index is 1.52. The fourth-order valence-electron chi connectivity index (χ4n) is 2.71. The summed E-state index contributed by atoms with van der Waals surface area (Å²) in [4.78, 5) is 17.8. The second-order valence-corrected chi connectivity index (χ2v) is 7.27. The monoisotopic (exact) mass is 386 g/mol. The molecule has 0 fully saturated rings. The Morgan fingerprint density at radius 2 is 1.71 bits per heavy atom. The molecule has 4 aromatic rings. The molecule has 0 amide bonds. The average molecular weight is 386 g/mol. The van der Waals surface area contributed by atoms with E-state index in [0.29, 0.717) is 0 Å². The summed E-state index contributed by atoms with van der Waals surface area (Å²) in [5, 5.41) is 3.31. The van der Waals surface area contributed by atoms with Crippen LogP contribution in [0.4, 0.5) is 11.5 Å². The summed E-state index contributed by atoms with van der Waals surface area (Å²) in [7, 11) is 0. The largest absolute Gasteiger partial charge is 0.455 e. The smallest absolute Gasteiger partial charge is 0.169 e. The maximum atomic E-state index is 11.5. The Kier molecular flexibility index (Phi) is 5.17. The van der Waals surface area contributed by atoms with E-state index in [1.807, 2.05) is 78.9 Å². The predicted molar refractivity (Wildman–Crippen MR) is 114 cm³/mol. The van der Waals surface area contributed by atoms with Crippen LogP contribution in [0.1, 0.15) is 16.6 Å². The van der Waals surface area contributed by atoms with Gasteiger partial charge in [-0.3, -0.25) is 4.79 Å². The molecule has 2 heterocycles. The van der Waals surface area contributed by atoms with Crippen LogP contribution in [0.25, 0.3) is 10.4 Å². The molecule has 0 spiro atoms. The van der Waals surface area contributed by atoms with E-state index in [-0.39, 0.29) is 5.78 Å². The molecule has 0 radical (unpaired) electrons. The number of anilines is 2. The minimum absolute atomic E-state index is 0.0810. The normalized spacial score (nSPS) is 10.5. The molecular formula is C23H18N2O2S. The van der Waals surface area contributed by atoms with E-state index in [9.17, 15) is 4.79 Å². The Morgan fingerprint density at radius 1 is 0.929 bits per heavy atom. The van der Waals surface area contributed by atoms with E-state index in [4.69, 9.17) is 4.74 Å². The summed E-state index contributed by atoms with van der Waals surface area (Å²) >= 11 is 1.48. The number of pyridine rings is 1. The van der Waals surface area contributed by atoms with Crippen LogP contribution in [0, 0.1) is 0 Å². The summed E-state index contributed by atoms with van der Waals surface area (Å²) in [6, 6.07) is 25.1. The first-order valence-corrected chi connectivity index (χ1v) is 9.67. The SMILES string of the molecule is CC(=O)c1ccc(-c2ccc(Nc3ccccc3Oc3ccccc3)nc2)s1. The Labute approximate surface area is 167 Å². The predicted octanol–water partition coefficient (Wildman–Crippen LogP) is 6.55. The zero-order valence-corrected chi connectivity index (χ0v) is 16.1. The summed E-state index contributed by atoms with van der Waals surface area (Å²) in [6.45, 7) is 1.58. The number of benzene rings is 2. The molecule has 28 heavy (non-hydrogen) atoms. The summed E-state index contributed by atoms with van der Waals surface area (Å²) < 4.78 is 5.98. The van der Waals surface area contributed by atoms with Crippen LogP contribution in [0.5, 0.6) is 11.5 Å². The van der Waals surface area contributed by atoms with Crippen LogP contribution in [0.3, 0.4) is 0 Å². The molecule has 0 aliphatic rings. The van der Waals surface area contributed by atoms with Gasteiger partial charge in [0, 0.05) is 16.6 Å². The Morgan fingerprint density at radius 3 is 2.43 bits per heavy atom. The van der Waals surface area contributed by atoms with E-state index in [1.165, 1.54) is 11.3 Å². The quantitative estimate of drug-likeness (QED) is 0.382. The molecule has 138 valence electrons.